The summed E-state index contributed by atoms with van der Waals surface area (Å²) in [5.74, 6) is 0.449. The van der Waals surface area contributed by atoms with Crippen molar-refractivity contribution in [2.24, 2.45) is 0 Å². The van der Waals surface area contributed by atoms with Gasteiger partial charge in [-0.2, -0.15) is 5.10 Å². The van der Waals surface area contributed by atoms with Crippen molar-refractivity contribution >= 4 is 11.7 Å². The van der Waals surface area contributed by atoms with E-state index >= 15 is 0 Å². The highest BCUT2D eigenvalue weighted by molar-refractivity contribution is 5.89. The summed E-state index contributed by atoms with van der Waals surface area (Å²) in [5, 5.41) is 9.69. The fraction of sp³-hybridized carbons (Fsp3) is 0.500. The van der Waals surface area contributed by atoms with E-state index in [0.29, 0.717) is 18.7 Å². The zero-order valence-electron chi connectivity index (χ0n) is 17.5. The molecule has 0 radical (unpaired) electrons. The quantitative estimate of drug-likeness (QED) is 0.416. The second-order valence-corrected chi connectivity index (χ2v) is 6.89. The molecule has 0 amide bonds. The van der Waals surface area contributed by atoms with E-state index in [1.807, 2.05) is 12.1 Å². The van der Waals surface area contributed by atoms with Gasteiger partial charge in [0, 0.05) is 12.1 Å². The lowest BCUT2D eigenvalue weighted by atomic mass is 10.1. The molecule has 0 bridgehead atoms. The molecule has 0 saturated carbocycles. The molecular formula is C22H31N3O4. The van der Waals surface area contributed by atoms with Crippen LogP contribution in [0.25, 0.3) is 0 Å². The Balaban J connectivity index is 1.90. The van der Waals surface area contributed by atoms with Crippen molar-refractivity contribution in [2.45, 2.75) is 52.4 Å². The van der Waals surface area contributed by atoms with Gasteiger partial charge in [-0.25, -0.2) is 9.89 Å². The molecule has 158 valence electrons. The number of carbonyl (C=O) groups is 1. The topological polar surface area (TPSA) is 93.3 Å². The van der Waals surface area contributed by atoms with E-state index in [1.54, 1.807) is 12.3 Å². The van der Waals surface area contributed by atoms with Gasteiger partial charge >= 0.3 is 5.97 Å². The minimum Gasteiger partial charge on any atom is -0.493 e. The maximum Gasteiger partial charge on any atom is 0.337 e. The third-order valence-corrected chi connectivity index (χ3v) is 4.63. The summed E-state index contributed by atoms with van der Waals surface area (Å²) < 4.78 is 10.7. The normalized spacial score (nSPS) is 10.6. The third kappa shape index (κ3) is 6.62. The lowest BCUT2D eigenvalue weighted by molar-refractivity contribution is 0.0600. The van der Waals surface area contributed by atoms with E-state index in [4.69, 9.17) is 9.47 Å². The molecular weight excluding hydrogens is 370 g/mol. The van der Waals surface area contributed by atoms with Gasteiger partial charge in [-0.1, -0.05) is 26.7 Å². The molecule has 1 heterocycles. The first kappa shape index (κ1) is 22.5. The van der Waals surface area contributed by atoms with Crippen LogP contribution in [0.5, 0.6) is 5.75 Å². The lowest BCUT2D eigenvalue weighted by Crippen LogP contribution is -2.18. The van der Waals surface area contributed by atoms with Crippen molar-refractivity contribution in [3.8, 4) is 5.75 Å². The van der Waals surface area contributed by atoms with Crippen LogP contribution in [0.4, 0.5) is 5.69 Å². The molecule has 0 aliphatic rings. The Labute approximate surface area is 171 Å². The molecule has 0 fully saturated rings. The number of nitrogens with zero attached hydrogens (tertiary/aromatic N) is 1. The largest absolute Gasteiger partial charge is 0.493 e. The van der Waals surface area contributed by atoms with Gasteiger partial charge < -0.3 is 14.8 Å². The summed E-state index contributed by atoms with van der Waals surface area (Å²) in [6.07, 6.45) is 6.95. The zero-order valence-corrected chi connectivity index (χ0v) is 17.5. The minimum absolute atomic E-state index is 0.130. The van der Waals surface area contributed by atoms with Crippen LogP contribution in [0.2, 0.25) is 0 Å². The summed E-state index contributed by atoms with van der Waals surface area (Å²) in [7, 11) is 1.38. The van der Waals surface area contributed by atoms with Gasteiger partial charge in [0.25, 0.3) is 5.56 Å². The predicted octanol–water partition coefficient (Wildman–Crippen LogP) is 3.73. The average molecular weight is 402 g/mol. The Morgan fingerprint density at radius 2 is 2.00 bits per heavy atom. The molecule has 7 nitrogen and oxygen atoms in total. The molecule has 0 atom stereocenters. The Bertz CT molecular complexity index is 848. The number of carbonyl (C=O) groups excluding carboxylic acids is 1. The Hall–Kier alpha value is -2.83. The molecule has 0 unspecified atom stereocenters. The molecule has 0 saturated heterocycles. The van der Waals surface area contributed by atoms with Crippen LogP contribution in [0.1, 0.15) is 61.0 Å². The number of anilines is 1. The minimum atomic E-state index is -0.344. The van der Waals surface area contributed by atoms with E-state index in [-0.39, 0.29) is 11.5 Å². The van der Waals surface area contributed by atoms with Crippen LogP contribution >= 0.6 is 0 Å². The number of rotatable bonds is 12. The summed E-state index contributed by atoms with van der Waals surface area (Å²) in [5.41, 5.74) is 2.95. The van der Waals surface area contributed by atoms with Gasteiger partial charge in [-0.15, -0.1) is 0 Å². The number of esters is 1. The van der Waals surface area contributed by atoms with Crippen LogP contribution in [-0.2, 0) is 17.6 Å². The van der Waals surface area contributed by atoms with Gasteiger partial charge in [0.15, 0.2) is 0 Å². The number of ether oxygens (including phenoxy) is 2. The summed E-state index contributed by atoms with van der Waals surface area (Å²) in [4.78, 5) is 23.7. The number of methoxy groups -OCH3 is 1. The fourth-order valence-electron chi connectivity index (χ4n) is 3.08. The first-order valence-corrected chi connectivity index (χ1v) is 10.2. The van der Waals surface area contributed by atoms with Crippen molar-refractivity contribution in [2.75, 3.05) is 25.6 Å². The van der Waals surface area contributed by atoms with Crippen LogP contribution in [0.15, 0.2) is 29.2 Å². The second kappa shape index (κ2) is 11.9. The molecule has 29 heavy (non-hydrogen) atoms. The SMILES string of the molecule is CCCCc1c(NCCCOc2ccc(C(=O)OC)cc2CCC)cn[nH]c1=O. The molecule has 2 aromatic rings. The van der Waals surface area contributed by atoms with E-state index in [1.165, 1.54) is 7.11 Å². The molecule has 0 spiro atoms. The predicted molar refractivity (Wildman–Crippen MR) is 114 cm³/mol. The highest BCUT2D eigenvalue weighted by atomic mass is 16.5. The van der Waals surface area contributed by atoms with Crippen molar-refractivity contribution in [3.63, 3.8) is 0 Å². The van der Waals surface area contributed by atoms with Crippen LogP contribution in [-0.4, -0.2) is 36.4 Å². The monoisotopic (exact) mass is 401 g/mol. The maximum absolute atomic E-state index is 12.0. The number of unbranched alkanes of at least 4 members (excludes halogenated alkanes) is 1. The third-order valence-electron chi connectivity index (χ3n) is 4.63. The number of nitrogens with one attached hydrogen (secondary N) is 2. The Kier molecular flexibility index (Phi) is 9.21. The van der Waals surface area contributed by atoms with Gasteiger partial charge in [0.2, 0.25) is 0 Å². The zero-order chi connectivity index (χ0) is 21.1. The van der Waals surface area contributed by atoms with Gasteiger partial charge in [0.05, 0.1) is 31.2 Å². The molecule has 1 aromatic carbocycles. The van der Waals surface area contributed by atoms with E-state index in [0.717, 1.165) is 61.1 Å². The van der Waals surface area contributed by atoms with Crippen LogP contribution < -0.4 is 15.6 Å². The number of benzene rings is 1. The second-order valence-electron chi connectivity index (χ2n) is 6.89. The highest BCUT2D eigenvalue weighted by Gasteiger charge is 2.11. The van der Waals surface area contributed by atoms with Crippen molar-refractivity contribution in [1.82, 2.24) is 10.2 Å². The van der Waals surface area contributed by atoms with Gasteiger partial charge in [0.1, 0.15) is 5.75 Å². The standard InChI is InChI=1S/C22H31N3O4/c1-4-6-9-18-19(15-24-25-21(18)26)23-12-7-13-29-20-11-10-17(22(27)28-3)14-16(20)8-5-2/h10-11,14-15H,4-9,12-13H2,1-3H3,(H2,23,25,26). The van der Waals surface area contributed by atoms with Crippen LogP contribution in [0, 0.1) is 0 Å². The number of aryl methyl sites for hydroxylation is 1. The van der Waals surface area contributed by atoms with Crippen molar-refractivity contribution < 1.29 is 14.3 Å². The average Bonchev–Trinajstić information content (AvgIpc) is 2.73. The molecule has 7 heteroatoms. The van der Waals surface area contributed by atoms with Crippen molar-refractivity contribution in [3.05, 3.63) is 51.4 Å². The first-order valence-electron chi connectivity index (χ1n) is 10.2. The molecule has 0 aliphatic carbocycles. The maximum atomic E-state index is 12.0. The number of H-pyrrole nitrogens is 1. The molecule has 2 rings (SSSR count). The van der Waals surface area contributed by atoms with Gasteiger partial charge in [-0.3, -0.25) is 4.79 Å². The number of hydrogen-bond donors (Lipinski definition) is 2. The summed E-state index contributed by atoms with van der Waals surface area (Å²) in [6, 6.07) is 5.39. The summed E-state index contributed by atoms with van der Waals surface area (Å²) in [6.45, 7) is 5.39. The molecule has 1 aromatic heterocycles. The van der Waals surface area contributed by atoms with E-state index in [9.17, 15) is 9.59 Å². The fourth-order valence-corrected chi connectivity index (χ4v) is 3.08. The summed E-state index contributed by atoms with van der Waals surface area (Å²) >= 11 is 0. The lowest BCUT2D eigenvalue weighted by Gasteiger charge is -2.13. The van der Waals surface area contributed by atoms with E-state index < -0.39 is 0 Å². The first-order chi connectivity index (χ1) is 14.1. The van der Waals surface area contributed by atoms with Crippen molar-refractivity contribution in [1.29, 1.82) is 0 Å². The number of aromatic amines is 1. The Morgan fingerprint density at radius 3 is 2.72 bits per heavy atom. The molecule has 2 N–H and O–H groups in total. The highest BCUT2D eigenvalue weighted by Crippen LogP contribution is 2.22. The molecule has 0 aliphatic heterocycles. The Morgan fingerprint density at radius 1 is 1.17 bits per heavy atom. The van der Waals surface area contributed by atoms with E-state index in [2.05, 4.69) is 29.4 Å². The van der Waals surface area contributed by atoms with Gasteiger partial charge in [-0.05, 0) is 49.4 Å². The van der Waals surface area contributed by atoms with Crippen LogP contribution in [0.3, 0.4) is 0 Å². The number of hydrogen-bond acceptors (Lipinski definition) is 6. The smallest absolute Gasteiger partial charge is 0.337 e. The number of aromatic nitrogens is 2.